The number of hydrogen-bond donors (Lipinski definition) is 0. The predicted molar refractivity (Wildman–Crippen MR) is 56.4 cm³/mol. The van der Waals surface area contributed by atoms with Crippen LogP contribution in [0.25, 0.3) is 0 Å². The zero-order valence-electron chi connectivity index (χ0n) is 8.97. The van der Waals surface area contributed by atoms with Gasteiger partial charge in [0.15, 0.2) is 0 Å². The molecule has 73 valence electrons. The second kappa shape index (κ2) is 6.67. The van der Waals surface area contributed by atoms with Crippen LogP contribution in [0.15, 0.2) is 0 Å². The molecule has 0 N–H and O–H groups in total. The summed E-state index contributed by atoms with van der Waals surface area (Å²) in [5, 5.41) is 0. The van der Waals surface area contributed by atoms with Crippen molar-refractivity contribution in [2.75, 3.05) is 0 Å². The molecular formula is C10H23OSi. The van der Waals surface area contributed by atoms with Crippen molar-refractivity contribution < 1.29 is 4.80 Å². The van der Waals surface area contributed by atoms with Gasteiger partial charge in [-0.3, -0.25) is 0 Å². The quantitative estimate of drug-likeness (QED) is 0.569. The van der Waals surface area contributed by atoms with Crippen molar-refractivity contribution >= 4 is 9.04 Å². The Morgan fingerprint density at radius 2 is 1.25 bits per heavy atom. The average molecular weight is 187 g/mol. The Balaban J connectivity index is 3.27. The van der Waals surface area contributed by atoms with Crippen LogP contribution >= 0.6 is 0 Å². The van der Waals surface area contributed by atoms with E-state index in [9.17, 15) is 4.80 Å². The normalized spacial score (nSPS) is 12.0. The lowest BCUT2D eigenvalue weighted by atomic mass is 10.2. The largest absolute Gasteiger partial charge is 0.302 e. The first-order valence-electron chi connectivity index (χ1n) is 5.18. The fourth-order valence-electron chi connectivity index (χ4n) is 1.18. The van der Waals surface area contributed by atoms with E-state index in [4.69, 9.17) is 0 Å². The first kappa shape index (κ1) is 12.2. The van der Waals surface area contributed by atoms with E-state index < -0.39 is 9.04 Å². The Bertz CT molecular complexity index is 90.0. The van der Waals surface area contributed by atoms with Crippen LogP contribution in [0, 0.1) is 11.8 Å². The third-order valence-electron chi connectivity index (χ3n) is 2.13. The Morgan fingerprint density at radius 3 is 1.50 bits per heavy atom. The summed E-state index contributed by atoms with van der Waals surface area (Å²) >= 11 is 0. The second-order valence-electron chi connectivity index (χ2n) is 4.56. The Kier molecular flexibility index (Phi) is 6.77. The lowest BCUT2D eigenvalue weighted by Crippen LogP contribution is -2.11. The van der Waals surface area contributed by atoms with Gasteiger partial charge in [0.05, 0.1) is 0 Å². The molecule has 0 unspecified atom stereocenters. The molecule has 0 saturated heterocycles. The van der Waals surface area contributed by atoms with Crippen LogP contribution in [-0.2, 0) is 4.80 Å². The van der Waals surface area contributed by atoms with Gasteiger partial charge in [-0.05, 0) is 23.9 Å². The van der Waals surface area contributed by atoms with Crippen LogP contribution in [0.3, 0.4) is 0 Å². The maximum Gasteiger partial charge on any atom is 0.222 e. The maximum absolute atomic E-state index is 11.5. The summed E-state index contributed by atoms with van der Waals surface area (Å²) in [6.45, 7) is 8.79. The highest BCUT2D eigenvalue weighted by molar-refractivity contribution is 6.49. The third-order valence-corrected chi connectivity index (χ3v) is 4.09. The van der Waals surface area contributed by atoms with Gasteiger partial charge in [-0.1, -0.05) is 40.5 Å². The van der Waals surface area contributed by atoms with Crippen molar-refractivity contribution in [1.82, 2.24) is 0 Å². The molecule has 0 aliphatic heterocycles. The molecule has 0 aromatic rings. The molecular weight excluding hydrogens is 164 g/mol. The SMILES string of the molecule is CC(C)CC[SiH]([O])CCC(C)C. The van der Waals surface area contributed by atoms with Gasteiger partial charge >= 0.3 is 0 Å². The van der Waals surface area contributed by atoms with Gasteiger partial charge in [-0.2, -0.15) is 0 Å². The van der Waals surface area contributed by atoms with E-state index in [0.29, 0.717) is 11.8 Å². The summed E-state index contributed by atoms with van der Waals surface area (Å²) in [5.74, 6) is 1.43. The monoisotopic (exact) mass is 187 g/mol. The maximum atomic E-state index is 11.5. The first-order chi connectivity index (χ1) is 5.52. The minimum absolute atomic E-state index is 0.716. The van der Waals surface area contributed by atoms with Crippen LogP contribution in [0.1, 0.15) is 40.5 Å². The predicted octanol–water partition coefficient (Wildman–Crippen LogP) is 3.23. The average Bonchev–Trinajstić information content (AvgIpc) is 1.96. The molecule has 0 spiro atoms. The molecule has 0 bridgehead atoms. The third kappa shape index (κ3) is 8.28. The molecule has 0 atom stereocenters. The van der Waals surface area contributed by atoms with E-state index in [0.717, 1.165) is 24.9 Å². The van der Waals surface area contributed by atoms with E-state index in [-0.39, 0.29) is 0 Å². The van der Waals surface area contributed by atoms with Gasteiger partial charge in [0.1, 0.15) is 0 Å². The van der Waals surface area contributed by atoms with Crippen LogP contribution in [0.4, 0.5) is 0 Å². The second-order valence-corrected chi connectivity index (χ2v) is 6.96. The van der Waals surface area contributed by atoms with Gasteiger partial charge in [0.2, 0.25) is 9.04 Å². The summed E-state index contributed by atoms with van der Waals surface area (Å²) in [6, 6.07) is 2.01. The molecule has 0 rings (SSSR count). The Labute approximate surface area is 78.9 Å². The summed E-state index contributed by atoms with van der Waals surface area (Å²) in [4.78, 5) is 11.5. The Hall–Kier alpha value is 0.177. The van der Waals surface area contributed by atoms with Crippen LogP contribution in [0.2, 0.25) is 12.1 Å². The van der Waals surface area contributed by atoms with E-state index in [1.807, 2.05) is 0 Å². The molecule has 0 heterocycles. The zero-order chi connectivity index (χ0) is 9.56. The molecule has 0 amide bonds. The van der Waals surface area contributed by atoms with Gasteiger partial charge in [-0.15, -0.1) is 0 Å². The molecule has 0 saturated carbocycles. The summed E-state index contributed by atoms with van der Waals surface area (Å²) in [6.07, 6.45) is 2.30. The molecule has 0 fully saturated rings. The van der Waals surface area contributed by atoms with Crippen molar-refractivity contribution in [3.63, 3.8) is 0 Å². The number of rotatable bonds is 6. The summed E-state index contributed by atoms with van der Waals surface area (Å²) in [7, 11) is -1.56. The molecule has 0 aromatic carbocycles. The minimum atomic E-state index is -1.56. The smallest absolute Gasteiger partial charge is 0.222 e. The molecule has 0 aliphatic carbocycles. The van der Waals surface area contributed by atoms with E-state index >= 15 is 0 Å². The molecule has 1 radical (unpaired) electrons. The van der Waals surface area contributed by atoms with E-state index in [1.54, 1.807) is 0 Å². The van der Waals surface area contributed by atoms with Crippen LogP contribution < -0.4 is 0 Å². The van der Waals surface area contributed by atoms with Crippen molar-refractivity contribution in [3.8, 4) is 0 Å². The minimum Gasteiger partial charge on any atom is -0.302 e. The van der Waals surface area contributed by atoms with Crippen molar-refractivity contribution in [2.24, 2.45) is 11.8 Å². The highest BCUT2D eigenvalue weighted by Gasteiger charge is 2.10. The van der Waals surface area contributed by atoms with Crippen LogP contribution in [0.5, 0.6) is 0 Å². The van der Waals surface area contributed by atoms with Gasteiger partial charge in [0, 0.05) is 0 Å². The number of hydrogen-bond acceptors (Lipinski definition) is 0. The highest BCUT2D eigenvalue weighted by Crippen LogP contribution is 2.13. The highest BCUT2D eigenvalue weighted by atomic mass is 28.3. The fourth-order valence-corrected chi connectivity index (χ4v) is 3.55. The molecule has 2 heteroatoms. The van der Waals surface area contributed by atoms with Crippen molar-refractivity contribution in [3.05, 3.63) is 0 Å². The molecule has 0 aromatic heterocycles. The van der Waals surface area contributed by atoms with Crippen molar-refractivity contribution in [2.45, 2.75) is 52.6 Å². The summed E-state index contributed by atoms with van der Waals surface area (Å²) in [5.41, 5.74) is 0. The zero-order valence-corrected chi connectivity index (χ0v) is 10.1. The molecule has 0 aliphatic rings. The first-order valence-corrected chi connectivity index (χ1v) is 7.28. The standard InChI is InChI=1S/C10H23OSi/c1-9(2)5-7-12(11)8-6-10(3)4/h9-10,12H,5-8H2,1-4H3. The van der Waals surface area contributed by atoms with Crippen molar-refractivity contribution in [1.29, 1.82) is 0 Å². The lowest BCUT2D eigenvalue weighted by molar-refractivity contribution is 0.428. The lowest BCUT2D eigenvalue weighted by Gasteiger charge is -2.09. The topological polar surface area (TPSA) is 19.9 Å². The van der Waals surface area contributed by atoms with E-state index in [1.165, 1.54) is 0 Å². The summed E-state index contributed by atoms with van der Waals surface area (Å²) < 4.78 is 0. The van der Waals surface area contributed by atoms with Crippen LogP contribution in [-0.4, -0.2) is 9.04 Å². The molecule has 12 heavy (non-hydrogen) atoms. The van der Waals surface area contributed by atoms with E-state index in [2.05, 4.69) is 27.7 Å². The Morgan fingerprint density at radius 1 is 0.917 bits per heavy atom. The fraction of sp³-hybridized carbons (Fsp3) is 1.00. The van der Waals surface area contributed by atoms with Gasteiger partial charge in [-0.25, -0.2) is 0 Å². The molecule has 1 nitrogen and oxygen atoms in total. The van der Waals surface area contributed by atoms with Gasteiger partial charge in [0.25, 0.3) is 0 Å². The van der Waals surface area contributed by atoms with Gasteiger partial charge < -0.3 is 4.80 Å².